The lowest BCUT2D eigenvalue weighted by atomic mass is 10.1. The van der Waals surface area contributed by atoms with Crippen LogP contribution in [0.1, 0.15) is 10.4 Å². The van der Waals surface area contributed by atoms with Crippen molar-refractivity contribution in [1.29, 1.82) is 0 Å². The molecule has 0 fully saturated rings. The van der Waals surface area contributed by atoms with Gasteiger partial charge in [0, 0.05) is 24.2 Å². The normalized spacial score (nSPS) is 10.3. The summed E-state index contributed by atoms with van der Waals surface area (Å²) in [6.45, 7) is 0. The average molecular weight is 279 g/mol. The molecule has 0 aliphatic heterocycles. The van der Waals surface area contributed by atoms with Crippen LogP contribution in [0.4, 0.5) is 0 Å². The van der Waals surface area contributed by atoms with Crippen LogP contribution in [0.3, 0.4) is 0 Å². The number of benzene rings is 1. The van der Waals surface area contributed by atoms with E-state index in [4.69, 9.17) is 4.74 Å². The van der Waals surface area contributed by atoms with Gasteiger partial charge in [-0.15, -0.1) is 0 Å². The molecule has 104 valence electrons. The Morgan fingerprint density at radius 1 is 1.10 bits per heavy atom. The summed E-state index contributed by atoms with van der Waals surface area (Å²) < 4.78 is 6.81. The zero-order chi connectivity index (χ0) is 14.7. The fraction of sp³-hybridized carbons (Fsp3) is 0.0625. The second-order valence-electron chi connectivity index (χ2n) is 4.43. The molecule has 5 nitrogen and oxygen atoms in total. The van der Waals surface area contributed by atoms with E-state index in [1.54, 1.807) is 30.4 Å². The van der Waals surface area contributed by atoms with Gasteiger partial charge in [0.05, 0.1) is 18.4 Å². The van der Waals surface area contributed by atoms with Gasteiger partial charge in [-0.2, -0.15) is 5.10 Å². The van der Waals surface area contributed by atoms with Crippen LogP contribution >= 0.6 is 0 Å². The molecule has 0 atom stereocenters. The van der Waals surface area contributed by atoms with E-state index in [1.807, 2.05) is 36.4 Å². The minimum atomic E-state index is 0.539. The molecule has 0 amide bonds. The second kappa shape index (κ2) is 5.58. The lowest BCUT2D eigenvalue weighted by Crippen LogP contribution is -1.95. The van der Waals surface area contributed by atoms with E-state index in [9.17, 15) is 4.79 Å². The van der Waals surface area contributed by atoms with Crippen LogP contribution in [0.5, 0.6) is 5.75 Å². The monoisotopic (exact) mass is 279 g/mol. The summed E-state index contributed by atoms with van der Waals surface area (Å²) in [5.74, 6) is 0.774. The van der Waals surface area contributed by atoms with Gasteiger partial charge in [-0.3, -0.25) is 9.78 Å². The predicted octanol–water partition coefficient (Wildman–Crippen LogP) is 2.76. The van der Waals surface area contributed by atoms with Gasteiger partial charge in [-0.05, 0) is 36.4 Å². The number of aldehydes is 1. The maximum absolute atomic E-state index is 11.3. The topological polar surface area (TPSA) is 57.0 Å². The number of nitrogens with zero attached hydrogens (tertiary/aromatic N) is 3. The summed E-state index contributed by atoms with van der Waals surface area (Å²) in [6.07, 6.45) is 5.87. The lowest BCUT2D eigenvalue weighted by molar-refractivity contribution is 0.112. The highest BCUT2D eigenvalue weighted by atomic mass is 16.5. The Kier molecular flexibility index (Phi) is 3.47. The third-order valence-corrected chi connectivity index (χ3v) is 3.16. The minimum absolute atomic E-state index is 0.539. The zero-order valence-electron chi connectivity index (χ0n) is 11.4. The van der Waals surface area contributed by atoms with Crippen LogP contribution in [-0.2, 0) is 0 Å². The van der Waals surface area contributed by atoms with Crippen molar-refractivity contribution in [3.05, 3.63) is 60.6 Å². The summed E-state index contributed by atoms with van der Waals surface area (Å²) in [5, 5.41) is 4.49. The first-order chi connectivity index (χ1) is 10.3. The first kappa shape index (κ1) is 13.1. The molecular weight excluding hydrogens is 266 g/mol. The summed E-state index contributed by atoms with van der Waals surface area (Å²) >= 11 is 0. The number of methoxy groups -OCH3 is 1. The van der Waals surface area contributed by atoms with E-state index < -0.39 is 0 Å². The molecule has 0 unspecified atom stereocenters. The average Bonchev–Trinajstić information content (AvgIpc) is 3.00. The third kappa shape index (κ3) is 2.53. The molecule has 0 saturated carbocycles. The van der Waals surface area contributed by atoms with Crippen molar-refractivity contribution >= 4 is 6.29 Å². The molecule has 0 aliphatic rings. The van der Waals surface area contributed by atoms with Crippen molar-refractivity contribution in [3.63, 3.8) is 0 Å². The zero-order valence-corrected chi connectivity index (χ0v) is 11.4. The van der Waals surface area contributed by atoms with E-state index in [1.165, 1.54) is 0 Å². The SMILES string of the molecule is COc1ccc(-n2cc(C=O)c(-c3ccncc3)n2)cc1. The first-order valence-corrected chi connectivity index (χ1v) is 6.41. The fourth-order valence-electron chi connectivity index (χ4n) is 2.07. The van der Waals surface area contributed by atoms with E-state index in [0.29, 0.717) is 11.3 Å². The minimum Gasteiger partial charge on any atom is -0.497 e. The number of ether oxygens (including phenoxy) is 1. The number of carbonyl (C=O) groups excluding carboxylic acids is 1. The highest BCUT2D eigenvalue weighted by Crippen LogP contribution is 2.22. The quantitative estimate of drug-likeness (QED) is 0.689. The van der Waals surface area contributed by atoms with E-state index in [-0.39, 0.29) is 0 Å². The number of pyridine rings is 1. The van der Waals surface area contributed by atoms with Crippen LogP contribution in [-0.4, -0.2) is 28.2 Å². The molecular formula is C16H13N3O2. The molecule has 1 aromatic carbocycles. The number of hydrogen-bond acceptors (Lipinski definition) is 4. The first-order valence-electron chi connectivity index (χ1n) is 6.41. The van der Waals surface area contributed by atoms with Gasteiger partial charge >= 0.3 is 0 Å². The Bertz CT molecular complexity index is 749. The molecule has 0 bridgehead atoms. The predicted molar refractivity (Wildman–Crippen MR) is 78.7 cm³/mol. The van der Waals surface area contributed by atoms with Crippen molar-refractivity contribution in [3.8, 4) is 22.7 Å². The Balaban J connectivity index is 2.04. The molecule has 0 spiro atoms. The van der Waals surface area contributed by atoms with Gasteiger partial charge in [-0.25, -0.2) is 4.68 Å². The Morgan fingerprint density at radius 2 is 1.81 bits per heavy atom. The molecule has 0 N–H and O–H groups in total. The van der Waals surface area contributed by atoms with Crippen LogP contribution in [0.2, 0.25) is 0 Å². The second-order valence-corrected chi connectivity index (χ2v) is 4.43. The van der Waals surface area contributed by atoms with Gasteiger partial charge in [0.2, 0.25) is 0 Å². The highest BCUT2D eigenvalue weighted by molar-refractivity contribution is 5.85. The molecule has 3 aromatic rings. The van der Waals surface area contributed by atoms with Crippen LogP contribution < -0.4 is 4.74 Å². The van der Waals surface area contributed by atoms with E-state index >= 15 is 0 Å². The largest absolute Gasteiger partial charge is 0.497 e. The maximum Gasteiger partial charge on any atom is 0.153 e. The van der Waals surface area contributed by atoms with Crippen LogP contribution in [0.15, 0.2) is 55.0 Å². The van der Waals surface area contributed by atoms with E-state index in [0.717, 1.165) is 23.3 Å². The van der Waals surface area contributed by atoms with Crippen molar-refractivity contribution < 1.29 is 9.53 Å². The number of rotatable bonds is 4. The maximum atomic E-state index is 11.3. The van der Waals surface area contributed by atoms with Crippen LogP contribution in [0, 0.1) is 0 Å². The summed E-state index contributed by atoms with van der Waals surface area (Å²) in [6, 6.07) is 11.1. The van der Waals surface area contributed by atoms with Crippen molar-refractivity contribution in [1.82, 2.24) is 14.8 Å². The lowest BCUT2D eigenvalue weighted by Gasteiger charge is -2.03. The summed E-state index contributed by atoms with van der Waals surface area (Å²) in [4.78, 5) is 15.2. The van der Waals surface area contributed by atoms with Gasteiger partial charge in [0.15, 0.2) is 6.29 Å². The molecule has 2 aromatic heterocycles. The Hall–Kier alpha value is -2.95. The molecule has 5 heteroatoms. The smallest absolute Gasteiger partial charge is 0.153 e. The highest BCUT2D eigenvalue weighted by Gasteiger charge is 2.11. The van der Waals surface area contributed by atoms with Crippen molar-refractivity contribution in [2.24, 2.45) is 0 Å². The Morgan fingerprint density at radius 3 is 2.43 bits per heavy atom. The molecule has 21 heavy (non-hydrogen) atoms. The van der Waals surface area contributed by atoms with Crippen LogP contribution in [0.25, 0.3) is 16.9 Å². The molecule has 3 rings (SSSR count). The molecule has 0 radical (unpaired) electrons. The molecule has 0 saturated heterocycles. The number of aromatic nitrogens is 3. The summed E-state index contributed by atoms with van der Waals surface area (Å²) in [7, 11) is 1.62. The van der Waals surface area contributed by atoms with Gasteiger partial charge in [-0.1, -0.05) is 0 Å². The number of carbonyl (C=O) groups is 1. The van der Waals surface area contributed by atoms with Gasteiger partial charge in [0.25, 0.3) is 0 Å². The molecule has 2 heterocycles. The third-order valence-electron chi connectivity index (χ3n) is 3.16. The van der Waals surface area contributed by atoms with Crippen molar-refractivity contribution in [2.45, 2.75) is 0 Å². The van der Waals surface area contributed by atoms with E-state index in [2.05, 4.69) is 10.1 Å². The van der Waals surface area contributed by atoms with Crippen molar-refractivity contribution in [2.75, 3.05) is 7.11 Å². The fourth-order valence-corrected chi connectivity index (χ4v) is 2.07. The number of hydrogen-bond donors (Lipinski definition) is 0. The molecule has 0 aliphatic carbocycles. The Labute approximate surface area is 121 Å². The standard InChI is InChI=1S/C16H13N3O2/c1-21-15-4-2-14(3-5-15)19-10-13(11-20)16(18-19)12-6-8-17-9-7-12/h2-11H,1H3. The summed E-state index contributed by atoms with van der Waals surface area (Å²) in [5.41, 5.74) is 2.90. The van der Waals surface area contributed by atoms with Gasteiger partial charge < -0.3 is 4.74 Å². The van der Waals surface area contributed by atoms with Gasteiger partial charge in [0.1, 0.15) is 11.4 Å².